The van der Waals surface area contributed by atoms with Crippen molar-refractivity contribution in [2.75, 3.05) is 0 Å². The molecule has 1 heterocycles. The van der Waals surface area contributed by atoms with E-state index < -0.39 is 0 Å². The number of rotatable bonds is 3. The summed E-state index contributed by atoms with van der Waals surface area (Å²) in [6.07, 6.45) is 0. The van der Waals surface area contributed by atoms with Crippen molar-refractivity contribution in [1.82, 2.24) is 9.71 Å². The highest BCUT2D eigenvalue weighted by Gasteiger charge is 2.05. The van der Waals surface area contributed by atoms with Gasteiger partial charge in [0.25, 0.3) is 0 Å². The molecule has 80 valence electrons. The highest BCUT2D eigenvalue weighted by molar-refractivity contribution is 7.99. The van der Waals surface area contributed by atoms with E-state index in [9.17, 15) is 0 Å². The minimum atomic E-state index is 0.450. The van der Waals surface area contributed by atoms with Crippen molar-refractivity contribution < 1.29 is 0 Å². The number of fused-ring (bicyclic) bond motifs is 1. The van der Waals surface area contributed by atoms with Crippen LogP contribution in [0.15, 0.2) is 22.5 Å². The molecule has 1 aromatic carbocycles. The van der Waals surface area contributed by atoms with Gasteiger partial charge in [0.05, 0.1) is 10.2 Å². The molecule has 0 radical (unpaired) electrons. The normalized spacial score (nSPS) is 11.5. The van der Waals surface area contributed by atoms with Crippen LogP contribution in [0.1, 0.15) is 13.8 Å². The standard InChI is InChI=1S/C10H11ClN2S2/c1-6(2)13-15-10-12-8-5-7(11)3-4-9(8)14-10/h3-6,13H,1-2H3. The van der Waals surface area contributed by atoms with Gasteiger partial charge in [0.2, 0.25) is 0 Å². The van der Waals surface area contributed by atoms with E-state index in [0.717, 1.165) is 14.9 Å². The number of aromatic nitrogens is 1. The second-order valence-corrected chi connectivity index (χ2v) is 6.02. The summed E-state index contributed by atoms with van der Waals surface area (Å²) in [5.74, 6) is 0. The molecule has 1 N–H and O–H groups in total. The SMILES string of the molecule is CC(C)NSc1nc2cc(Cl)ccc2s1. The summed E-state index contributed by atoms with van der Waals surface area (Å²) >= 11 is 9.15. The molecule has 1 aromatic heterocycles. The predicted octanol–water partition coefficient (Wildman–Crippen LogP) is 3.95. The maximum atomic E-state index is 5.90. The number of nitrogens with one attached hydrogen (secondary N) is 1. The first-order valence-corrected chi connectivity index (χ1v) is 6.65. The van der Waals surface area contributed by atoms with E-state index in [-0.39, 0.29) is 0 Å². The fourth-order valence-corrected chi connectivity index (χ4v) is 3.00. The topological polar surface area (TPSA) is 24.9 Å². The first kappa shape index (κ1) is 11.2. The summed E-state index contributed by atoms with van der Waals surface area (Å²) in [5.41, 5.74) is 0.973. The molecule has 5 heteroatoms. The summed E-state index contributed by atoms with van der Waals surface area (Å²) in [7, 11) is 0. The van der Waals surface area contributed by atoms with Crippen LogP contribution in [0.25, 0.3) is 10.2 Å². The van der Waals surface area contributed by atoms with Crippen LogP contribution >= 0.6 is 34.9 Å². The molecule has 0 fully saturated rings. The number of hydrogen-bond donors (Lipinski definition) is 1. The largest absolute Gasteiger partial charge is 0.255 e. The van der Waals surface area contributed by atoms with Gasteiger partial charge in [0.15, 0.2) is 4.34 Å². The van der Waals surface area contributed by atoms with Gasteiger partial charge in [-0.1, -0.05) is 11.6 Å². The van der Waals surface area contributed by atoms with E-state index >= 15 is 0 Å². The lowest BCUT2D eigenvalue weighted by molar-refractivity contribution is 0.770. The van der Waals surface area contributed by atoms with Crippen LogP contribution in [0, 0.1) is 0 Å². The lowest BCUT2D eigenvalue weighted by Crippen LogP contribution is -2.13. The molecule has 0 saturated heterocycles. The first-order valence-electron chi connectivity index (χ1n) is 4.63. The molecular weight excluding hydrogens is 248 g/mol. The third-order valence-electron chi connectivity index (χ3n) is 1.71. The Bertz CT molecular complexity index is 467. The van der Waals surface area contributed by atoms with Crippen molar-refractivity contribution in [3.8, 4) is 0 Å². The molecule has 0 aliphatic rings. The Balaban J connectivity index is 2.23. The molecule has 0 unspecified atom stereocenters. The molecule has 0 spiro atoms. The van der Waals surface area contributed by atoms with E-state index in [0.29, 0.717) is 6.04 Å². The highest BCUT2D eigenvalue weighted by Crippen LogP contribution is 2.29. The Morgan fingerprint density at radius 3 is 3.00 bits per heavy atom. The van der Waals surface area contributed by atoms with Crippen molar-refractivity contribution in [2.45, 2.75) is 24.2 Å². The van der Waals surface area contributed by atoms with Crippen molar-refractivity contribution >= 4 is 45.1 Å². The molecule has 0 amide bonds. The zero-order valence-corrected chi connectivity index (χ0v) is 10.8. The number of benzene rings is 1. The van der Waals surface area contributed by atoms with E-state index in [2.05, 4.69) is 23.6 Å². The molecule has 2 rings (SSSR count). The fraction of sp³-hybridized carbons (Fsp3) is 0.300. The number of hydrogen-bond acceptors (Lipinski definition) is 4. The average molecular weight is 259 g/mol. The average Bonchev–Trinajstić information content (AvgIpc) is 2.56. The molecule has 0 atom stereocenters. The fourth-order valence-electron chi connectivity index (χ4n) is 1.09. The van der Waals surface area contributed by atoms with Crippen molar-refractivity contribution in [3.63, 3.8) is 0 Å². The zero-order valence-electron chi connectivity index (χ0n) is 8.45. The lowest BCUT2D eigenvalue weighted by atomic mass is 10.3. The van der Waals surface area contributed by atoms with Crippen LogP contribution in [-0.4, -0.2) is 11.0 Å². The van der Waals surface area contributed by atoms with E-state index in [1.54, 1.807) is 23.3 Å². The lowest BCUT2D eigenvalue weighted by Gasteiger charge is -2.02. The smallest absolute Gasteiger partial charge is 0.166 e. The predicted molar refractivity (Wildman–Crippen MR) is 68.8 cm³/mol. The molecular formula is C10H11ClN2S2. The van der Waals surface area contributed by atoms with Crippen LogP contribution in [-0.2, 0) is 0 Å². The van der Waals surface area contributed by atoms with Crippen LogP contribution in [0.3, 0.4) is 0 Å². The molecule has 2 nitrogen and oxygen atoms in total. The van der Waals surface area contributed by atoms with Gasteiger partial charge in [-0.3, -0.25) is 4.72 Å². The Morgan fingerprint density at radius 1 is 1.47 bits per heavy atom. The molecule has 2 aromatic rings. The van der Waals surface area contributed by atoms with Gasteiger partial charge in [0.1, 0.15) is 0 Å². The van der Waals surface area contributed by atoms with Crippen LogP contribution in [0.5, 0.6) is 0 Å². The number of thiazole rings is 1. The van der Waals surface area contributed by atoms with Crippen LogP contribution in [0.4, 0.5) is 0 Å². The van der Waals surface area contributed by atoms with Gasteiger partial charge in [-0.05, 0) is 44.0 Å². The maximum absolute atomic E-state index is 5.90. The van der Waals surface area contributed by atoms with E-state index in [1.807, 2.05) is 18.2 Å². The zero-order chi connectivity index (χ0) is 10.8. The summed E-state index contributed by atoms with van der Waals surface area (Å²) < 4.78 is 5.47. The van der Waals surface area contributed by atoms with Gasteiger partial charge in [-0.2, -0.15) is 0 Å². The first-order chi connectivity index (χ1) is 7.15. The number of nitrogens with zero attached hydrogens (tertiary/aromatic N) is 1. The Kier molecular flexibility index (Phi) is 3.51. The van der Waals surface area contributed by atoms with Gasteiger partial charge in [-0.15, -0.1) is 11.3 Å². The minimum Gasteiger partial charge on any atom is -0.255 e. The highest BCUT2D eigenvalue weighted by atomic mass is 35.5. The van der Waals surface area contributed by atoms with Gasteiger partial charge in [0, 0.05) is 11.1 Å². The van der Waals surface area contributed by atoms with Crippen LogP contribution < -0.4 is 4.72 Å². The second-order valence-electron chi connectivity index (χ2n) is 3.47. The van der Waals surface area contributed by atoms with E-state index in [1.165, 1.54) is 4.70 Å². The summed E-state index contributed by atoms with van der Waals surface area (Å²) in [4.78, 5) is 4.48. The monoisotopic (exact) mass is 258 g/mol. The van der Waals surface area contributed by atoms with Crippen LogP contribution in [0.2, 0.25) is 5.02 Å². The molecule has 0 aliphatic heterocycles. The molecule has 0 bridgehead atoms. The Morgan fingerprint density at radius 2 is 2.27 bits per heavy atom. The number of halogens is 1. The molecule has 15 heavy (non-hydrogen) atoms. The van der Waals surface area contributed by atoms with E-state index in [4.69, 9.17) is 11.6 Å². The Hall–Kier alpha value is -0.290. The summed E-state index contributed by atoms with van der Waals surface area (Å²) in [5, 5.41) is 0.737. The second kappa shape index (κ2) is 4.70. The molecule has 0 saturated carbocycles. The molecule has 0 aliphatic carbocycles. The minimum absolute atomic E-state index is 0.450. The Labute approximate surface area is 102 Å². The third-order valence-corrected chi connectivity index (χ3v) is 4.13. The van der Waals surface area contributed by atoms with Gasteiger partial charge < -0.3 is 0 Å². The van der Waals surface area contributed by atoms with Gasteiger partial charge >= 0.3 is 0 Å². The van der Waals surface area contributed by atoms with Gasteiger partial charge in [-0.25, -0.2) is 4.98 Å². The van der Waals surface area contributed by atoms with Crippen molar-refractivity contribution in [1.29, 1.82) is 0 Å². The van der Waals surface area contributed by atoms with Crippen molar-refractivity contribution in [2.24, 2.45) is 0 Å². The van der Waals surface area contributed by atoms with Crippen molar-refractivity contribution in [3.05, 3.63) is 23.2 Å². The maximum Gasteiger partial charge on any atom is 0.166 e. The quantitative estimate of drug-likeness (QED) is 0.844. The third kappa shape index (κ3) is 2.84. The summed E-state index contributed by atoms with van der Waals surface area (Å²) in [6, 6.07) is 6.25. The summed E-state index contributed by atoms with van der Waals surface area (Å²) in [6.45, 7) is 4.22.